The predicted molar refractivity (Wildman–Crippen MR) is 99.5 cm³/mol. The van der Waals surface area contributed by atoms with E-state index < -0.39 is 21.7 Å². The van der Waals surface area contributed by atoms with E-state index in [1.807, 2.05) is 0 Å². The van der Waals surface area contributed by atoms with Gasteiger partial charge < -0.3 is 9.80 Å². The number of hydrogen-bond acceptors (Lipinski definition) is 6. The smallest absolute Gasteiger partial charge is 0.256 e. The first-order chi connectivity index (χ1) is 12.8. The van der Waals surface area contributed by atoms with Crippen LogP contribution in [-0.2, 0) is 14.8 Å². The van der Waals surface area contributed by atoms with Crippen molar-refractivity contribution in [3.63, 3.8) is 0 Å². The molecule has 0 radical (unpaired) electrons. The standard InChI is InChI=1S/C17H21N5O4S/c1-20(2)27(25,26)12-16(23)21-5-7-22(8-6-21)17(24)15-11-19-10-13-9-18-4-3-14(13)15/h3-4,9-11H,5-8,12H2,1-2H3. The van der Waals surface area contributed by atoms with E-state index >= 15 is 0 Å². The van der Waals surface area contributed by atoms with E-state index in [2.05, 4.69) is 9.97 Å². The molecule has 0 aromatic carbocycles. The highest BCUT2D eigenvalue weighted by atomic mass is 32.2. The minimum atomic E-state index is -3.60. The third-order valence-electron chi connectivity index (χ3n) is 4.57. The van der Waals surface area contributed by atoms with E-state index in [-0.39, 0.29) is 5.91 Å². The summed E-state index contributed by atoms with van der Waals surface area (Å²) in [5.41, 5.74) is 0.491. The van der Waals surface area contributed by atoms with E-state index in [1.165, 1.54) is 25.2 Å². The van der Waals surface area contributed by atoms with Gasteiger partial charge in [0.2, 0.25) is 15.9 Å². The highest BCUT2D eigenvalue weighted by Gasteiger charge is 2.28. The lowest BCUT2D eigenvalue weighted by molar-refractivity contribution is -0.129. The molecule has 0 aliphatic carbocycles. The molecule has 2 amide bonds. The maximum absolute atomic E-state index is 12.9. The summed E-state index contributed by atoms with van der Waals surface area (Å²) < 4.78 is 24.8. The topological polar surface area (TPSA) is 104 Å². The second kappa shape index (κ2) is 7.57. The van der Waals surface area contributed by atoms with Crippen LogP contribution in [0.25, 0.3) is 10.8 Å². The van der Waals surface area contributed by atoms with Crippen LogP contribution in [0.4, 0.5) is 0 Å². The van der Waals surface area contributed by atoms with Crippen LogP contribution >= 0.6 is 0 Å². The van der Waals surface area contributed by atoms with Crippen LogP contribution in [-0.4, -0.2) is 90.3 Å². The van der Waals surface area contributed by atoms with Gasteiger partial charge in [-0.05, 0) is 6.07 Å². The highest BCUT2D eigenvalue weighted by molar-refractivity contribution is 7.89. The van der Waals surface area contributed by atoms with Gasteiger partial charge in [-0.15, -0.1) is 0 Å². The number of carbonyl (C=O) groups excluding carboxylic acids is 2. The van der Waals surface area contributed by atoms with Crippen molar-refractivity contribution >= 4 is 32.6 Å². The number of hydrogen-bond donors (Lipinski definition) is 0. The highest BCUT2D eigenvalue weighted by Crippen LogP contribution is 2.18. The molecule has 0 spiro atoms. The van der Waals surface area contributed by atoms with Crippen LogP contribution in [0, 0.1) is 0 Å². The molecule has 3 heterocycles. The minimum absolute atomic E-state index is 0.160. The number of amides is 2. The Kier molecular flexibility index (Phi) is 5.38. The molecule has 0 unspecified atom stereocenters. The molecular weight excluding hydrogens is 370 g/mol. The van der Waals surface area contributed by atoms with Crippen molar-refractivity contribution in [3.05, 3.63) is 36.4 Å². The number of sulfonamides is 1. The number of piperazine rings is 1. The molecule has 1 saturated heterocycles. The predicted octanol–water partition coefficient (Wildman–Crippen LogP) is -0.194. The molecule has 1 aliphatic rings. The second-order valence-corrected chi connectivity index (χ2v) is 8.68. The molecule has 9 nitrogen and oxygen atoms in total. The SMILES string of the molecule is CN(C)S(=O)(=O)CC(=O)N1CCN(C(=O)c2cncc3cnccc23)CC1. The lowest BCUT2D eigenvalue weighted by Gasteiger charge is -2.35. The Hall–Kier alpha value is -2.59. The largest absolute Gasteiger partial charge is 0.338 e. The zero-order valence-electron chi connectivity index (χ0n) is 15.2. The lowest BCUT2D eigenvalue weighted by atomic mass is 10.1. The third kappa shape index (κ3) is 4.06. The molecule has 27 heavy (non-hydrogen) atoms. The molecule has 144 valence electrons. The monoisotopic (exact) mass is 391 g/mol. The van der Waals surface area contributed by atoms with Crippen molar-refractivity contribution in [1.29, 1.82) is 0 Å². The van der Waals surface area contributed by atoms with Gasteiger partial charge in [0.25, 0.3) is 5.91 Å². The van der Waals surface area contributed by atoms with Crippen LogP contribution in [0.5, 0.6) is 0 Å². The summed E-state index contributed by atoms with van der Waals surface area (Å²) in [7, 11) is -0.805. The van der Waals surface area contributed by atoms with Crippen molar-refractivity contribution in [1.82, 2.24) is 24.1 Å². The van der Waals surface area contributed by atoms with E-state index in [9.17, 15) is 18.0 Å². The summed E-state index contributed by atoms with van der Waals surface area (Å²) in [5, 5.41) is 1.56. The average molecular weight is 391 g/mol. The quantitative estimate of drug-likeness (QED) is 0.715. The molecule has 3 rings (SSSR count). The first-order valence-electron chi connectivity index (χ1n) is 8.44. The van der Waals surface area contributed by atoms with E-state index in [0.29, 0.717) is 31.7 Å². The number of fused-ring (bicyclic) bond motifs is 1. The zero-order valence-corrected chi connectivity index (χ0v) is 16.0. The van der Waals surface area contributed by atoms with Crippen LogP contribution < -0.4 is 0 Å². The summed E-state index contributed by atoms with van der Waals surface area (Å²) in [6.07, 6.45) is 6.47. The molecule has 1 aliphatic heterocycles. The average Bonchev–Trinajstić information content (AvgIpc) is 2.66. The summed E-state index contributed by atoms with van der Waals surface area (Å²) in [4.78, 5) is 36.4. The van der Waals surface area contributed by atoms with Crippen LogP contribution in [0.2, 0.25) is 0 Å². The molecule has 0 saturated carbocycles. The number of nitrogens with zero attached hydrogens (tertiary/aromatic N) is 5. The van der Waals surface area contributed by atoms with Gasteiger partial charge in [-0.1, -0.05) is 0 Å². The van der Waals surface area contributed by atoms with Crippen molar-refractivity contribution in [2.75, 3.05) is 46.0 Å². The van der Waals surface area contributed by atoms with Gasteiger partial charge in [-0.2, -0.15) is 0 Å². The Balaban J connectivity index is 1.67. The molecule has 2 aromatic rings. The van der Waals surface area contributed by atoms with Crippen molar-refractivity contribution in [2.45, 2.75) is 0 Å². The summed E-state index contributed by atoms with van der Waals surface area (Å²) >= 11 is 0. The van der Waals surface area contributed by atoms with Gasteiger partial charge in [-0.3, -0.25) is 19.6 Å². The fraction of sp³-hybridized carbons (Fsp3) is 0.412. The van der Waals surface area contributed by atoms with Gasteiger partial charge in [0.05, 0.1) is 5.56 Å². The van der Waals surface area contributed by atoms with E-state index in [0.717, 1.165) is 15.1 Å². The van der Waals surface area contributed by atoms with E-state index in [1.54, 1.807) is 29.6 Å². The summed E-state index contributed by atoms with van der Waals surface area (Å²) in [6, 6.07) is 1.77. The third-order valence-corrected chi connectivity index (χ3v) is 6.30. The first-order valence-corrected chi connectivity index (χ1v) is 10.1. The maximum Gasteiger partial charge on any atom is 0.256 e. The van der Waals surface area contributed by atoms with Crippen molar-refractivity contribution in [3.8, 4) is 0 Å². The summed E-state index contributed by atoms with van der Waals surface area (Å²) in [5.74, 6) is -1.17. The normalized spacial score (nSPS) is 15.4. The number of aromatic nitrogens is 2. The Bertz CT molecular complexity index is 963. The Morgan fingerprint density at radius 1 is 1.04 bits per heavy atom. The van der Waals surface area contributed by atoms with Crippen LogP contribution in [0.1, 0.15) is 10.4 Å². The van der Waals surface area contributed by atoms with Gasteiger partial charge in [-0.25, -0.2) is 12.7 Å². The van der Waals surface area contributed by atoms with Crippen LogP contribution in [0.3, 0.4) is 0 Å². The molecule has 1 fully saturated rings. The van der Waals surface area contributed by atoms with Gasteiger partial charge in [0, 0.05) is 75.8 Å². The van der Waals surface area contributed by atoms with Gasteiger partial charge in [0.1, 0.15) is 5.75 Å². The molecule has 0 bridgehead atoms. The van der Waals surface area contributed by atoms with Crippen molar-refractivity contribution < 1.29 is 18.0 Å². The van der Waals surface area contributed by atoms with Gasteiger partial charge >= 0.3 is 0 Å². The molecule has 2 aromatic heterocycles. The number of rotatable bonds is 4. The minimum Gasteiger partial charge on any atom is -0.338 e. The fourth-order valence-corrected chi connectivity index (χ4v) is 3.65. The fourth-order valence-electron chi connectivity index (χ4n) is 2.89. The Morgan fingerprint density at radius 2 is 1.67 bits per heavy atom. The second-order valence-electron chi connectivity index (χ2n) is 6.50. The summed E-state index contributed by atoms with van der Waals surface area (Å²) in [6.45, 7) is 1.28. The molecule has 10 heteroatoms. The van der Waals surface area contributed by atoms with Crippen LogP contribution in [0.15, 0.2) is 30.9 Å². The zero-order chi connectivity index (χ0) is 19.6. The molecule has 0 N–H and O–H groups in total. The Labute approximate surface area is 157 Å². The lowest BCUT2D eigenvalue weighted by Crippen LogP contribution is -2.52. The van der Waals surface area contributed by atoms with Gasteiger partial charge in [0.15, 0.2) is 0 Å². The maximum atomic E-state index is 12.9. The number of carbonyl (C=O) groups is 2. The number of pyridine rings is 2. The molecule has 0 atom stereocenters. The molecular formula is C17H21N5O4S. The van der Waals surface area contributed by atoms with E-state index in [4.69, 9.17) is 0 Å². The Morgan fingerprint density at radius 3 is 2.33 bits per heavy atom. The first kappa shape index (κ1) is 19.2. The van der Waals surface area contributed by atoms with Crippen molar-refractivity contribution in [2.24, 2.45) is 0 Å².